The van der Waals surface area contributed by atoms with Gasteiger partial charge in [0.2, 0.25) is 0 Å². The molecular formula is C17H13F3N2OS. The van der Waals surface area contributed by atoms with E-state index in [0.29, 0.717) is 6.20 Å². The minimum absolute atomic E-state index is 0.0286. The van der Waals surface area contributed by atoms with Crippen molar-refractivity contribution in [3.05, 3.63) is 59.4 Å². The summed E-state index contributed by atoms with van der Waals surface area (Å²) in [5.74, 6) is -1.52. The van der Waals surface area contributed by atoms with Gasteiger partial charge in [-0.1, -0.05) is 18.2 Å². The van der Waals surface area contributed by atoms with E-state index in [9.17, 15) is 23.2 Å². The van der Waals surface area contributed by atoms with Gasteiger partial charge in [-0.2, -0.15) is 18.4 Å². The van der Waals surface area contributed by atoms with Crippen LogP contribution in [0.2, 0.25) is 0 Å². The number of halogens is 3. The molecular weight excluding hydrogens is 337 g/mol. The predicted molar refractivity (Wildman–Crippen MR) is 84.5 cm³/mol. The fourth-order valence-electron chi connectivity index (χ4n) is 2.00. The van der Waals surface area contributed by atoms with Gasteiger partial charge in [0.15, 0.2) is 5.78 Å². The van der Waals surface area contributed by atoms with Crippen molar-refractivity contribution in [2.45, 2.75) is 23.9 Å². The largest absolute Gasteiger partial charge is 0.417 e. The number of carbonyl (C=O) groups excluding carboxylic acids is 1. The summed E-state index contributed by atoms with van der Waals surface area (Å²) >= 11 is 1.29. The van der Waals surface area contributed by atoms with Crippen LogP contribution in [0.25, 0.3) is 0 Å². The molecule has 1 heterocycles. The monoisotopic (exact) mass is 350 g/mol. The SMILES string of the molecule is Cc1ccccc1SCC(=O)C(C#N)c1ccc(C(F)(F)F)cn1. The number of carbonyl (C=O) groups is 1. The molecule has 2 aromatic rings. The second-order valence-electron chi connectivity index (χ2n) is 5.05. The lowest BCUT2D eigenvalue weighted by molar-refractivity contribution is -0.137. The van der Waals surface area contributed by atoms with Crippen LogP contribution in [0.1, 0.15) is 22.7 Å². The Hall–Kier alpha value is -2.33. The lowest BCUT2D eigenvalue weighted by atomic mass is 10.0. The molecule has 0 radical (unpaired) electrons. The van der Waals surface area contributed by atoms with E-state index in [0.717, 1.165) is 22.6 Å². The Morgan fingerprint density at radius 1 is 1.29 bits per heavy atom. The number of nitrogens with zero attached hydrogens (tertiary/aromatic N) is 2. The molecule has 0 spiro atoms. The second kappa shape index (κ2) is 7.49. The quantitative estimate of drug-likeness (QED) is 0.751. The summed E-state index contributed by atoms with van der Waals surface area (Å²) in [7, 11) is 0. The van der Waals surface area contributed by atoms with E-state index in [-0.39, 0.29) is 11.4 Å². The molecule has 0 amide bonds. The number of hydrogen-bond donors (Lipinski definition) is 0. The minimum Gasteiger partial charge on any atom is -0.297 e. The van der Waals surface area contributed by atoms with Crippen molar-refractivity contribution in [1.82, 2.24) is 4.98 Å². The Morgan fingerprint density at radius 2 is 2.00 bits per heavy atom. The molecule has 0 N–H and O–H groups in total. The van der Waals surface area contributed by atoms with Gasteiger partial charge in [0.05, 0.1) is 23.1 Å². The zero-order valence-corrected chi connectivity index (χ0v) is 13.5. The molecule has 7 heteroatoms. The number of pyridine rings is 1. The van der Waals surface area contributed by atoms with E-state index >= 15 is 0 Å². The third kappa shape index (κ3) is 4.36. The summed E-state index contributed by atoms with van der Waals surface area (Å²) in [5, 5.41) is 9.19. The molecule has 0 bridgehead atoms. The number of rotatable bonds is 5. The first-order valence-corrected chi connectivity index (χ1v) is 7.95. The third-order valence-electron chi connectivity index (χ3n) is 3.32. The van der Waals surface area contributed by atoms with Crippen LogP contribution in [-0.4, -0.2) is 16.5 Å². The lowest BCUT2D eigenvalue weighted by Crippen LogP contribution is -2.15. The zero-order chi connectivity index (χ0) is 17.7. The fourth-order valence-corrected chi connectivity index (χ4v) is 2.93. The average Bonchev–Trinajstić information content (AvgIpc) is 2.54. The first kappa shape index (κ1) is 18.0. The van der Waals surface area contributed by atoms with Crippen molar-refractivity contribution in [3.63, 3.8) is 0 Å². The summed E-state index contributed by atoms with van der Waals surface area (Å²) in [6.45, 7) is 1.91. The Morgan fingerprint density at radius 3 is 2.54 bits per heavy atom. The summed E-state index contributed by atoms with van der Waals surface area (Å²) in [6, 6.07) is 11.2. The molecule has 1 aromatic carbocycles. The van der Waals surface area contributed by atoms with E-state index in [2.05, 4.69) is 4.98 Å². The van der Waals surface area contributed by atoms with Gasteiger partial charge in [0.25, 0.3) is 0 Å². The maximum Gasteiger partial charge on any atom is 0.417 e. The van der Waals surface area contributed by atoms with Crippen molar-refractivity contribution in [2.75, 3.05) is 5.75 Å². The molecule has 3 nitrogen and oxygen atoms in total. The van der Waals surface area contributed by atoms with Gasteiger partial charge in [-0.05, 0) is 30.7 Å². The molecule has 1 aromatic heterocycles. The number of Topliss-reactive ketones (excluding diaryl/α,β-unsaturated/α-hetero) is 1. The topological polar surface area (TPSA) is 53.8 Å². The van der Waals surface area contributed by atoms with Crippen LogP contribution in [0.5, 0.6) is 0 Å². The molecule has 1 atom stereocenters. The van der Waals surface area contributed by atoms with Gasteiger partial charge in [0, 0.05) is 11.1 Å². The highest BCUT2D eigenvalue weighted by molar-refractivity contribution is 8.00. The van der Waals surface area contributed by atoms with E-state index in [4.69, 9.17) is 0 Å². The molecule has 0 aliphatic carbocycles. The Kier molecular flexibility index (Phi) is 5.62. The number of nitriles is 1. The maximum atomic E-state index is 12.5. The highest BCUT2D eigenvalue weighted by atomic mass is 32.2. The van der Waals surface area contributed by atoms with Crippen LogP contribution in [0.15, 0.2) is 47.5 Å². The number of hydrogen-bond acceptors (Lipinski definition) is 4. The zero-order valence-electron chi connectivity index (χ0n) is 12.7. The van der Waals surface area contributed by atoms with Crippen LogP contribution in [0.3, 0.4) is 0 Å². The normalized spacial score (nSPS) is 12.5. The van der Waals surface area contributed by atoms with Gasteiger partial charge in [-0.15, -0.1) is 11.8 Å². The Bertz CT molecular complexity index is 767. The van der Waals surface area contributed by atoms with Gasteiger partial charge < -0.3 is 0 Å². The number of alkyl halides is 3. The fraction of sp³-hybridized carbons (Fsp3) is 0.235. The summed E-state index contributed by atoms with van der Waals surface area (Å²) in [6.07, 6.45) is -3.86. The van der Waals surface area contributed by atoms with Crippen LogP contribution < -0.4 is 0 Å². The van der Waals surface area contributed by atoms with Crippen LogP contribution >= 0.6 is 11.8 Å². The molecule has 1 unspecified atom stereocenters. The molecule has 0 aliphatic rings. The number of aromatic nitrogens is 1. The van der Waals surface area contributed by atoms with Crippen LogP contribution in [0, 0.1) is 18.3 Å². The molecule has 0 saturated carbocycles. The maximum absolute atomic E-state index is 12.5. The van der Waals surface area contributed by atoms with Crippen molar-refractivity contribution in [2.24, 2.45) is 0 Å². The summed E-state index contributed by atoms with van der Waals surface area (Å²) < 4.78 is 37.6. The van der Waals surface area contributed by atoms with Crippen molar-refractivity contribution in [3.8, 4) is 6.07 Å². The molecule has 0 aliphatic heterocycles. The predicted octanol–water partition coefficient (Wildman–Crippen LogP) is 4.38. The number of aryl methyl sites for hydroxylation is 1. The van der Waals surface area contributed by atoms with Crippen molar-refractivity contribution < 1.29 is 18.0 Å². The average molecular weight is 350 g/mol. The number of benzene rings is 1. The Labute approximate surface area is 141 Å². The van der Waals surface area contributed by atoms with E-state index in [1.807, 2.05) is 37.3 Å². The van der Waals surface area contributed by atoms with Crippen LogP contribution in [0.4, 0.5) is 13.2 Å². The number of thioether (sulfide) groups is 1. The van der Waals surface area contributed by atoms with Gasteiger partial charge >= 0.3 is 6.18 Å². The van der Waals surface area contributed by atoms with E-state index in [1.54, 1.807) is 0 Å². The summed E-state index contributed by atoms with van der Waals surface area (Å²) in [5.41, 5.74) is 0.127. The van der Waals surface area contributed by atoms with E-state index < -0.39 is 23.4 Å². The standard InChI is InChI=1S/C17H13F3N2OS/c1-11-4-2-3-5-16(11)24-10-15(23)13(8-21)14-7-6-12(9-22-14)17(18,19)20/h2-7,9,13H,10H2,1H3. The minimum atomic E-state index is -4.50. The van der Waals surface area contributed by atoms with Crippen LogP contribution in [-0.2, 0) is 11.0 Å². The molecule has 2 rings (SSSR count). The molecule has 24 heavy (non-hydrogen) atoms. The number of ketones is 1. The third-order valence-corrected chi connectivity index (χ3v) is 4.52. The summed E-state index contributed by atoms with van der Waals surface area (Å²) in [4.78, 5) is 16.8. The van der Waals surface area contributed by atoms with Gasteiger partial charge in [-0.25, -0.2) is 0 Å². The van der Waals surface area contributed by atoms with Crippen molar-refractivity contribution in [1.29, 1.82) is 5.26 Å². The molecule has 124 valence electrons. The highest BCUT2D eigenvalue weighted by Crippen LogP contribution is 2.30. The first-order chi connectivity index (χ1) is 11.3. The highest BCUT2D eigenvalue weighted by Gasteiger charge is 2.31. The smallest absolute Gasteiger partial charge is 0.297 e. The first-order valence-electron chi connectivity index (χ1n) is 6.97. The van der Waals surface area contributed by atoms with Gasteiger partial charge in [0.1, 0.15) is 5.92 Å². The molecule has 0 fully saturated rings. The Balaban J connectivity index is 2.09. The van der Waals surface area contributed by atoms with Gasteiger partial charge in [-0.3, -0.25) is 9.78 Å². The van der Waals surface area contributed by atoms with E-state index in [1.165, 1.54) is 11.8 Å². The molecule has 0 saturated heterocycles. The second-order valence-corrected chi connectivity index (χ2v) is 6.07. The van der Waals surface area contributed by atoms with Crippen molar-refractivity contribution >= 4 is 17.5 Å². The lowest BCUT2D eigenvalue weighted by Gasteiger charge is -2.10.